The summed E-state index contributed by atoms with van der Waals surface area (Å²) in [4.78, 5) is 24.2. The Labute approximate surface area is 153 Å². The smallest absolute Gasteiger partial charge is 0.251 e. The van der Waals surface area contributed by atoms with Gasteiger partial charge in [-0.1, -0.05) is 24.3 Å². The lowest BCUT2D eigenvalue weighted by Crippen LogP contribution is -2.33. The van der Waals surface area contributed by atoms with E-state index < -0.39 is 15.9 Å². The minimum Gasteiger partial charge on any atom is -0.343 e. The molecule has 2 rings (SSSR count). The second-order valence-corrected chi connectivity index (χ2v) is 7.98. The Hall–Kier alpha value is -2.71. The summed E-state index contributed by atoms with van der Waals surface area (Å²) < 4.78 is 25.7. The summed E-state index contributed by atoms with van der Waals surface area (Å²) in [6.45, 7) is 1.43. The summed E-state index contributed by atoms with van der Waals surface area (Å²) in [6, 6.07) is 13.3. The van der Waals surface area contributed by atoms with Gasteiger partial charge in [-0.05, 0) is 36.8 Å². The molecule has 0 aliphatic carbocycles. The minimum absolute atomic E-state index is 0.0592. The number of nitrogens with one attached hydrogen (secondary N) is 2. The molecule has 0 atom stereocenters. The van der Waals surface area contributed by atoms with Crippen LogP contribution in [0.4, 0.5) is 5.69 Å². The zero-order valence-electron chi connectivity index (χ0n) is 14.8. The van der Waals surface area contributed by atoms with Crippen molar-refractivity contribution in [1.82, 2.24) is 9.62 Å². The molecule has 2 aromatic carbocycles. The van der Waals surface area contributed by atoms with Gasteiger partial charge in [0.2, 0.25) is 15.9 Å². The van der Waals surface area contributed by atoms with Crippen LogP contribution in [0.25, 0.3) is 0 Å². The Kier molecular flexibility index (Phi) is 6.12. The first-order valence-electron chi connectivity index (χ1n) is 7.88. The largest absolute Gasteiger partial charge is 0.343 e. The highest BCUT2D eigenvalue weighted by Gasteiger charge is 2.21. The predicted octanol–water partition coefficient (Wildman–Crippen LogP) is 1.61. The number of hydrogen-bond acceptors (Lipinski definition) is 4. The predicted molar refractivity (Wildman–Crippen MR) is 99.5 cm³/mol. The molecule has 0 unspecified atom stereocenters. The molecular weight excluding hydrogens is 354 g/mol. The molecule has 2 amide bonds. The van der Waals surface area contributed by atoms with Gasteiger partial charge in [-0.25, -0.2) is 12.7 Å². The van der Waals surface area contributed by atoms with Crippen LogP contribution in [0, 0.1) is 6.92 Å². The molecule has 0 radical (unpaired) electrons. The summed E-state index contributed by atoms with van der Waals surface area (Å²) in [6.07, 6.45) is 0. The van der Waals surface area contributed by atoms with E-state index in [-0.39, 0.29) is 22.9 Å². The number of benzene rings is 2. The highest BCUT2D eigenvalue weighted by Crippen LogP contribution is 2.19. The summed E-state index contributed by atoms with van der Waals surface area (Å²) in [7, 11) is -0.809. The van der Waals surface area contributed by atoms with Crippen LogP contribution < -0.4 is 10.6 Å². The molecule has 7 nitrogen and oxygen atoms in total. The fourth-order valence-corrected chi connectivity index (χ4v) is 3.35. The second-order valence-electron chi connectivity index (χ2n) is 5.86. The molecule has 0 fully saturated rings. The monoisotopic (exact) mass is 375 g/mol. The Morgan fingerprint density at radius 1 is 1.04 bits per heavy atom. The maximum Gasteiger partial charge on any atom is 0.251 e. The highest BCUT2D eigenvalue weighted by molar-refractivity contribution is 7.89. The molecule has 2 aromatic rings. The van der Waals surface area contributed by atoms with Crippen molar-refractivity contribution in [2.24, 2.45) is 0 Å². The standard InChI is InChI=1S/C18H21N3O4S/c1-13-9-10-14(11-16(13)26(24,25)21(2)3)18(23)19-12-17(22)20-15-7-5-4-6-8-15/h4-11H,12H2,1-3H3,(H,19,23)(H,20,22). The van der Waals surface area contributed by atoms with Gasteiger partial charge < -0.3 is 10.6 Å². The normalized spacial score (nSPS) is 11.2. The number of carbonyl (C=O) groups excluding carboxylic acids is 2. The molecule has 0 saturated carbocycles. The third-order valence-corrected chi connectivity index (χ3v) is 5.63. The van der Waals surface area contributed by atoms with E-state index in [1.54, 1.807) is 37.3 Å². The number of carbonyl (C=O) groups is 2. The van der Waals surface area contributed by atoms with Gasteiger partial charge in [-0.3, -0.25) is 9.59 Å². The average molecular weight is 375 g/mol. The number of hydrogen-bond donors (Lipinski definition) is 2. The molecule has 26 heavy (non-hydrogen) atoms. The van der Waals surface area contributed by atoms with Crippen molar-refractivity contribution in [1.29, 1.82) is 0 Å². The highest BCUT2D eigenvalue weighted by atomic mass is 32.2. The molecule has 0 heterocycles. The molecule has 0 saturated heterocycles. The fraction of sp³-hybridized carbons (Fsp3) is 0.222. The van der Waals surface area contributed by atoms with Gasteiger partial charge in [0.05, 0.1) is 11.4 Å². The topological polar surface area (TPSA) is 95.6 Å². The molecule has 0 bridgehead atoms. The second kappa shape index (κ2) is 8.11. The lowest BCUT2D eigenvalue weighted by atomic mass is 10.1. The summed E-state index contributed by atoms with van der Waals surface area (Å²) in [5, 5.41) is 5.14. The van der Waals surface area contributed by atoms with Crippen molar-refractivity contribution in [3.63, 3.8) is 0 Å². The van der Waals surface area contributed by atoms with Crippen LogP contribution in [0.5, 0.6) is 0 Å². The molecular formula is C18H21N3O4S. The number of para-hydroxylation sites is 1. The molecule has 0 aliphatic heterocycles. The van der Waals surface area contributed by atoms with Crippen LogP contribution in [-0.2, 0) is 14.8 Å². The van der Waals surface area contributed by atoms with Crippen LogP contribution >= 0.6 is 0 Å². The van der Waals surface area contributed by atoms with Gasteiger partial charge in [0.15, 0.2) is 0 Å². The lowest BCUT2D eigenvalue weighted by Gasteiger charge is -2.14. The Morgan fingerprint density at radius 3 is 2.31 bits per heavy atom. The van der Waals surface area contributed by atoms with E-state index in [4.69, 9.17) is 0 Å². The molecule has 0 aliphatic rings. The van der Waals surface area contributed by atoms with E-state index in [0.29, 0.717) is 11.3 Å². The zero-order valence-corrected chi connectivity index (χ0v) is 15.6. The van der Waals surface area contributed by atoms with Gasteiger partial charge in [-0.15, -0.1) is 0 Å². The van der Waals surface area contributed by atoms with Crippen molar-refractivity contribution in [3.05, 3.63) is 59.7 Å². The van der Waals surface area contributed by atoms with Crippen LogP contribution in [0.1, 0.15) is 15.9 Å². The number of anilines is 1. The van der Waals surface area contributed by atoms with Crippen LogP contribution in [0.15, 0.2) is 53.4 Å². The zero-order chi connectivity index (χ0) is 19.3. The fourth-order valence-electron chi connectivity index (χ4n) is 2.21. The van der Waals surface area contributed by atoms with Crippen molar-refractivity contribution >= 4 is 27.5 Å². The van der Waals surface area contributed by atoms with E-state index in [1.807, 2.05) is 6.07 Å². The van der Waals surface area contributed by atoms with E-state index >= 15 is 0 Å². The molecule has 8 heteroatoms. The van der Waals surface area contributed by atoms with Gasteiger partial charge >= 0.3 is 0 Å². The Balaban J connectivity index is 2.07. The first kappa shape index (κ1) is 19.6. The summed E-state index contributed by atoms with van der Waals surface area (Å²) in [5.74, 6) is -0.902. The van der Waals surface area contributed by atoms with Crippen LogP contribution in [0.2, 0.25) is 0 Å². The average Bonchev–Trinajstić information content (AvgIpc) is 2.60. The number of sulfonamides is 1. The van der Waals surface area contributed by atoms with E-state index in [1.165, 1.54) is 26.2 Å². The van der Waals surface area contributed by atoms with E-state index in [0.717, 1.165) is 4.31 Å². The first-order chi connectivity index (χ1) is 12.2. The Morgan fingerprint density at radius 2 is 1.69 bits per heavy atom. The number of aryl methyl sites for hydroxylation is 1. The summed E-state index contributed by atoms with van der Waals surface area (Å²) >= 11 is 0. The Bertz CT molecular complexity index is 909. The third-order valence-electron chi connectivity index (χ3n) is 3.68. The van der Waals surface area contributed by atoms with E-state index in [9.17, 15) is 18.0 Å². The minimum atomic E-state index is -3.66. The van der Waals surface area contributed by atoms with Gasteiger partial charge in [-0.2, -0.15) is 0 Å². The van der Waals surface area contributed by atoms with Gasteiger partial charge in [0.25, 0.3) is 5.91 Å². The number of nitrogens with zero attached hydrogens (tertiary/aromatic N) is 1. The molecule has 0 aromatic heterocycles. The number of rotatable bonds is 6. The van der Waals surface area contributed by atoms with Gasteiger partial charge in [0, 0.05) is 25.3 Å². The molecule has 0 spiro atoms. The third kappa shape index (κ3) is 4.68. The van der Waals surface area contributed by atoms with Crippen molar-refractivity contribution < 1.29 is 18.0 Å². The van der Waals surface area contributed by atoms with Crippen LogP contribution in [-0.4, -0.2) is 45.2 Å². The maximum atomic E-state index is 12.3. The van der Waals surface area contributed by atoms with Crippen molar-refractivity contribution in [3.8, 4) is 0 Å². The summed E-state index contributed by atoms with van der Waals surface area (Å²) in [5.41, 5.74) is 1.34. The SMILES string of the molecule is Cc1ccc(C(=O)NCC(=O)Nc2ccccc2)cc1S(=O)(=O)N(C)C. The number of amides is 2. The van der Waals surface area contributed by atoms with Gasteiger partial charge in [0.1, 0.15) is 0 Å². The quantitative estimate of drug-likeness (QED) is 0.802. The molecule has 138 valence electrons. The van der Waals surface area contributed by atoms with E-state index in [2.05, 4.69) is 10.6 Å². The lowest BCUT2D eigenvalue weighted by molar-refractivity contribution is -0.115. The van der Waals surface area contributed by atoms with Crippen molar-refractivity contribution in [2.45, 2.75) is 11.8 Å². The first-order valence-corrected chi connectivity index (χ1v) is 9.32. The van der Waals surface area contributed by atoms with Crippen LogP contribution in [0.3, 0.4) is 0 Å². The van der Waals surface area contributed by atoms with Crippen molar-refractivity contribution in [2.75, 3.05) is 26.0 Å². The molecule has 2 N–H and O–H groups in total. The maximum absolute atomic E-state index is 12.3.